The minimum atomic E-state index is 0.0813. The third-order valence-electron chi connectivity index (χ3n) is 5.97. The summed E-state index contributed by atoms with van der Waals surface area (Å²) in [6.45, 7) is 1.66. The summed E-state index contributed by atoms with van der Waals surface area (Å²) in [5, 5.41) is 11.6. The smallest absolute Gasteiger partial charge is 0.253 e. The highest BCUT2D eigenvalue weighted by Crippen LogP contribution is 2.31. The molecule has 2 heterocycles. The van der Waals surface area contributed by atoms with Crippen LogP contribution in [0.2, 0.25) is 0 Å². The van der Waals surface area contributed by atoms with E-state index in [0.29, 0.717) is 16.8 Å². The van der Waals surface area contributed by atoms with Gasteiger partial charge in [-0.05, 0) is 49.6 Å². The maximum Gasteiger partial charge on any atom is 0.253 e. The second-order valence-corrected chi connectivity index (χ2v) is 8.12. The molecule has 160 valence electrons. The van der Waals surface area contributed by atoms with E-state index in [2.05, 4.69) is 4.98 Å². The Bertz CT molecular complexity index is 1270. The monoisotopic (exact) mass is 423 g/mol. The number of nitrogens with one attached hydrogen (secondary N) is 1. The van der Waals surface area contributed by atoms with Crippen molar-refractivity contribution in [2.75, 3.05) is 13.1 Å². The number of carbonyl (C=O) groups excluding carboxylic acids is 1. The van der Waals surface area contributed by atoms with Gasteiger partial charge in [0.2, 0.25) is 0 Å². The zero-order chi connectivity index (χ0) is 21.9. The molecule has 0 aliphatic carbocycles. The summed E-state index contributed by atoms with van der Waals surface area (Å²) in [6.07, 6.45) is 3.34. The molecule has 4 aromatic rings. The van der Waals surface area contributed by atoms with Crippen molar-refractivity contribution < 1.29 is 9.90 Å². The first-order valence-corrected chi connectivity index (χ1v) is 11.0. The Morgan fingerprint density at radius 2 is 1.50 bits per heavy atom. The number of rotatable bonds is 4. The first-order valence-electron chi connectivity index (χ1n) is 11.0. The van der Waals surface area contributed by atoms with E-state index < -0.39 is 0 Å². The Kier molecular flexibility index (Phi) is 5.46. The molecule has 0 spiro atoms. The van der Waals surface area contributed by atoms with E-state index >= 15 is 0 Å². The fourth-order valence-electron chi connectivity index (χ4n) is 4.32. The van der Waals surface area contributed by atoms with Crippen molar-refractivity contribution in [1.82, 2.24) is 9.88 Å². The van der Waals surface area contributed by atoms with Crippen LogP contribution < -0.4 is 0 Å². The van der Waals surface area contributed by atoms with Crippen LogP contribution in [0, 0.1) is 0 Å². The van der Waals surface area contributed by atoms with E-state index in [4.69, 9.17) is 4.99 Å². The number of para-hydroxylation sites is 1. The highest BCUT2D eigenvalue weighted by Gasteiger charge is 2.20. The van der Waals surface area contributed by atoms with Crippen molar-refractivity contribution >= 4 is 28.2 Å². The lowest BCUT2D eigenvalue weighted by Crippen LogP contribution is -2.35. The molecule has 5 rings (SSSR count). The molecule has 0 saturated carbocycles. The van der Waals surface area contributed by atoms with Gasteiger partial charge in [0.15, 0.2) is 5.88 Å². The number of piperidine rings is 1. The van der Waals surface area contributed by atoms with E-state index in [9.17, 15) is 9.90 Å². The molecular formula is C27H25N3O2. The van der Waals surface area contributed by atoms with E-state index in [0.717, 1.165) is 48.1 Å². The van der Waals surface area contributed by atoms with E-state index in [1.165, 1.54) is 6.42 Å². The van der Waals surface area contributed by atoms with Gasteiger partial charge in [0, 0.05) is 35.1 Å². The van der Waals surface area contributed by atoms with Gasteiger partial charge in [0.05, 0.1) is 17.0 Å². The number of H-pyrrole nitrogens is 1. The van der Waals surface area contributed by atoms with Crippen molar-refractivity contribution in [3.05, 3.63) is 95.6 Å². The van der Waals surface area contributed by atoms with Gasteiger partial charge in [0.1, 0.15) is 0 Å². The highest BCUT2D eigenvalue weighted by molar-refractivity contribution is 6.21. The summed E-state index contributed by atoms with van der Waals surface area (Å²) in [7, 11) is 0. The minimum absolute atomic E-state index is 0.0813. The molecule has 1 aromatic heterocycles. The molecule has 32 heavy (non-hydrogen) atoms. The number of aromatic amines is 1. The number of fused-ring (bicyclic) bond motifs is 1. The van der Waals surface area contributed by atoms with E-state index in [1.54, 1.807) is 0 Å². The third-order valence-corrected chi connectivity index (χ3v) is 5.97. The summed E-state index contributed by atoms with van der Waals surface area (Å²) < 4.78 is 0. The number of aliphatic imine (C=N–C) groups is 1. The Morgan fingerprint density at radius 3 is 2.25 bits per heavy atom. The quantitative estimate of drug-likeness (QED) is 0.415. The van der Waals surface area contributed by atoms with Gasteiger partial charge >= 0.3 is 0 Å². The lowest BCUT2D eigenvalue weighted by Gasteiger charge is -2.26. The predicted molar refractivity (Wildman–Crippen MR) is 128 cm³/mol. The van der Waals surface area contributed by atoms with Crippen LogP contribution in [-0.2, 0) is 0 Å². The normalized spacial score (nSPS) is 14.6. The number of hydrogen-bond donors (Lipinski definition) is 2. The van der Waals surface area contributed by atoms with Gasteiger partial charge in [-0.25, -0.2) is 4.99 Å². The lowest BCUT2D eigenvalue weighted by atomic mass is 10.0. The zero-order valence-electron chi connectivity index (χ0n) is 17.8. The molecule has 0 atom stereocenters. The summed E-state index contributed by atoms with van der Waals surface area (Å²) in [4.78, 5) is 22.7. The van der Waals surface area contributed by atoms with Crippen LogP contribution in [0.25, 0.3) is 10.9 Å². The molecule has 1 saturated heterocycles. The largest absolute Gasteiger partial charge is 0.494 e. The van der Waals surface area contributed by atoms with Crippen LogP contribution in [0.3, 0.4) is 0 Å². The molecule has 3 aromatic carbocycles. The number of carbonyl (C=O) groups is 1. The second kappa shape index (κ2) is 8.71. The lowest BCUT2D eigenvalue weighted by molar-refractivity contribution is 0.0724. The van der Waals surface area contributed by atoms with E-state index in [-0.39, 0.29) is 11.8 Å². The molecule has 1 aliphatic rings. The molecule has 0 radical (unpaired) electrons. The summed E-state index contributed by atoms with van der Waals surface area (Å²) in [5.74, 6) is 0.170. The number of benzene rings is 3. The van der Waals surface area contributed by atoms with Gasteiger partial charge in [0.25, 0.3) is 5.91 Å². The number of hydrogen-bond acceptors (Lipinski definition) is 3. The molecule has 1 aliphatic heterocycles. The van der Waals surface area contributed by atoms with Crippen molar-refractivity contribution in [2.24, 2.45) is 4.99 Å². The van der Waals surface area contributed by atoms with Crippen molar-refractivity contribution in [2.45, 2.75) is 19.3 Å². The Morgan fingerprint density at radius 1 is 0.812 bits per heavy atom. The maximum atomic E-state index is 12.8. The number of amides is 1. The SMILES string of the molecule is O=C(c1ccc(N=C(c2ccccc2)c2c(O)[nH]c3ccccc23)cc1)N1CCCCC1. The van der Waals surface area contributed by atoms with Crippen molar-refractivity contribution in [3.8, 4) is 5.88 Å². The fraction of sp³-hybridized carbons (Fsp3) is 0.185. The average Bonchev–Trinajstić information content (AvgIpc) is 3.19. The number of nitrogens with zero attached hydrogens (tertiary/aromatic N) is 2. The maximum absolute atomic E-state index is 12.8. The molecule has 0 unspecified atom stereocenters. The van der Waals surface area contributed by atoms with Crippen molar-refractivity contribution in [1.29, 1.82) is 0 Å². The van der Waals surface area contributed by atoms with Crippen LogP contribution in [0.4, 0.5) is 5.69 Å². The van der Waals surface area contributed by atoms with Gasteiger partial charge in [-0.3, -0.25) is 4.79 Å². The zero-order valence-corrected chi connectivity index (χ0v) is 17.8. The van der Waals surface area contributed by atoms with E-state index in [1.807, 2.05) is 83.8 Å². The summed E-state index contributed by atoms with van der Waals surface area (Å²) >= 11 is 0. The topological polar surface area (TPSA) is 68.7 Å². The summed E-state index contributed by atoms with van der Waals surface area (Å²) in [6, 6.07) is 25.0. The Hall–Kier alpha value is -3.86. The van der Waals surface area contributed by atoms with Crippen LogP contribution in [0.1, 0.15) is 40.7 Å². The first kappa shape index (κ1) is 20.1. The molecular weight excluding hydrogens is 398 g/mol. The molecule has 5 heteroatoms. The van der Waals surface area contributed by atoms with Crippen LogP contribution >= 0.6 is 0 Å². The molecule has 0 bridgehead atoms. The molecule has 5 nitrogen and oxygen atoms in total. The third kappa shape index (κ3) is 3.89. The summed E-state index contributed by atoms with van der Waals surface area (Å²) in [5.41, 5.74) is 4.51. The molecule has 1 amide bonds. The minimum Gasteiger partial charge on any atom is -0.494 e. The first-order chi connectivity index (χ1) is 15.7. The fourth-order valence-corrected chi connectivity index (χ4v) is 4.32. The van der Waals surface area contributed by atoms with Crippen molar-refractivity contribution in [3.63, 3.8) is 0 Å². The molecule has 1 fully saturated rings. The highest BCUT2D eigenvalue weighted by atomic mass is 16.3. The van der Waals surface area contributed by atoms with Gasteiger partial charge in [-0.1, -0.05) is 48.5 Å². The van der Waals surface area contributed by atoms with Gasteiger partial charge < -0.3 is 15.0 Å². The Labute approximate surface area is 187 Å². The average molecular weight is 424 g/mol. The Balaban J connectivity index is 1.54. The number of aromatic hydroxyl groups is 1. The second-order valence-electron chi connectivity index (χ2n) is 8.12. The van der Waals surface area contributed by atoms with Gasteiger partial charge in [-0.15, -0.1) is 0 Å². The van der Waals surface area contributed by atoms with Crippen LogP contribution in [-0.4, -0.2) is 39.7 Å². The standard InChI is InChI=1S/C27H25N3O2/c31-26-24(22-11-5-6-12-23(22)29-26)25(19-9-3-1-4-10-19)28-21-15-13-20(14-16-21)27(32)30-17-7-2-8-18-30/h1,3-6,9-16,29,31H,2,7-8,17-18H2. The van der Waals surface area contributed by atoms with Gasteiger partial charge in [-0.2, -0.15) is 0 Å². The van der Waals surface area contributed by atoms with Crippen LogP contribution in [0.5, 0.6) is 5.88 Å². The predicted octanol–water partition coefficient (Wildman–Crippen LogP) is 5.67. The molecule has 2 N–H and O–H groups in total. The van der Waals surface area contributed by atoms with Crippen LogP contribution in [0.15, 0.2) is 83.9 Å². The number of aromatic nitrogens is 1. The number of likely N-dealkylation sites (tertiary alicyclic amines) is 1.